The number of carbonyl (C=O) groups is 3. The topological polar surface area (TPSA) is 78.9 Å². The Hall–Kier alpha value is -3.15. The molecule has 1 atom stereocenters. The van der Waals surface area contributed by atoms with Crippen molar-refractivity contribution < 1.29 is 28.6 Å². The van der Waals surface area contributed by atoms with Crippen molar-refractivity contribution in [3.8, 4) is 0 Å². The van der Waals surface area contributed by atoms with Gasteiger partial charge in [0.25, 0.3) is 0 Å². The monoisotopic (exact) mass is 977 g/mol. The molecule has 6 heteroatoms. The number of unbranched alkanes of at least 4 members (excludes halogenated alkanes) is 31. The zero-order chi connectivity index (χ0) is 50.7. The Bertz CT molecular complexity index is 1310. The van der Waals surface area contributed by atoms with Crippen LogP contribution in [0.2, 0.25) is 0 Å². The van der Waals surface area contributed by atoms with Crippen LogP contribution >= 0.6 is 0 Å². The molecule has 1 unspecified atom stereocenters. The fraction of sp³-hybridized carbons (Fsp3) is 0.766. The summed E-state index contributed by atoms with van der Waals surface area (Å²) in [5, 5.41) is 0. The molecular weight excluding hydrogens is 865 g/mol. The van der Waals surface area contributed by atoms with Crippen LogP contribution in [0, 0.1) is 0 Å². The molecule has 0 radical (unpaired) electrons. The normalized spacial score (nSPS) is 12.6. The van der Waals surface area contributed by atoms with Crippen molar-refractivity contribution in [3.05, 3.63) is 72.9 Å². The quantitative estimate of drug-likeness (QED) is 0.0261. The van der Waals surface area contributed by atoms with Gasteiger partial charge in [0, 0.05) is 19.3 Å². The van der Waals surface area contributed by atoms with Gasteiger partial charge in [-0.05, 0) is 70.6 Å². The fourth-order valence-electron chi connectivity index (χ4n) is 8.51. The predicted molar refractivity (Wildman–Crippen MR) is 302 cm³/mol. The molecule has 404 valence electrons. The summed E-state index contributed by atoms with van der Waals surface area (Å²) in [7, 11) is 0. The molecular formula is C64H112O6. The number of hydrogen-bond acceptors (Lipinski definition) is 6. The van der Waals surface area contributed by atoms with Gasteiger partial charge in [0.15, 0.2) is 6.10 Å². The van der Waals surface area contributed by atoms with Gasteiger partial charge in [-0.2, -0.15) is 0 Å². The molecule has 0 saturated heterocycles. The minimum absolute atomic E-state index is 0.0713. The Balaban J connectivity index is 4.06. The van der Waals surface area contributed by atoms with Gasteiger partial charge in [-0.1, -0.05) is 280 Å². The smallest absolute Gasteiger partial charge is 0.306 e. The lowest BCUT2D eigenvalue weighted by Gasteiger charge is -2.18. The summed E-state index contributed by atoms with van der Waals surface area (Å²) in [6.07, 6.45) is 75.0. The van der Waals surface area contributed by atoms with Gasteiger partial charge in [0.05, 0.1) is 0 Å². The second kappa shape index (κ2) is 58.4. The summed E-state index contributed by atoms with van der Waals surface area (Å²) >= 11 is 0. The average Bonchev–Trinajstić information content (AvgIpc) is 3.36. The summed E-state index contributed by atoms with van der Waals surface area (Å²) in [5.41, 5.74) is 0. The number of rotatable bonds is 54. The Morgan fingerprint density at radius 2 is 0.557 bits per heavy atom. The van der Waals surface area contributed by atoms with Crippen molar-refractivity contribution in [1.82, 2.24) is 0 Å². The zero-order valence-electron chi connectivity index (χ0n) is 46.3. The number of esters is 3. The highest BCUT2D eigenvalue weighted by molar-refractivity contribution is 5.71. The SMILES string of the molecule is CC/C=C\C/C=C\C/C=C\C/C=C\C/C=C\C/C=C\CCCCCCCCCCCCCCC(=O)OCC(COC(=O)CCCCCCCCC)OC(=O)CCCCCCCCCCCCCCCC. The van der Waals surface area contributed by atoms with Crippen LogP contribution in [-0.4, -0.2) is 37.2 Å². The van der Waals surface area contributed by atoms with E-state index in [1.165, 1.54) is 161 Å². The van der Waals surface area contributed by atoms with Crippen LogP contribution in [0.15, 0.2) is 72.9 Å². The van der Waals surface area contributed by atoms with Crippen molar-refractivity contribution in [1.29, 1.82) is 0 Å². The molecule has 70 heavy (non-hydrogen) atoms. The van der Waals surface area contributed by atoms with E-state index in [-0.39, 0.29) is 31.1 Å². The van der Waals surface area contributed by atoms with Crippen LogP contribution in [0.5, 0.6) is 0 Å². The maximum atomic E-state index is 12.8. The highest BCUT2D eigenvalue weighted by Crippen LogP contribution is 2.16. The first-order chi connectivity index (χ1) is 34.5. The Labute approximate surface area is 433 Å². The van der Waals surface area contributed by atoms with Crippen LogP contribution in [0.25, 0.3) is 0 Å². The second-order valence-electron chi connectivity index (χ2n) is 19.9. The first-order valence-corrected chi connectivity index (χ1v) is 29.9. The molecule has 0 heterocycles. The molecule has 0 aliphatic heterocycles. The molecule has 0 aromatic carbocycles. The van der Waals surface area contributed by atoms with E-state index in [9.17, 15) is 14.4 Å². The minimum Gasteiger partial charge on any atom is -0.462 e. The van der Waals surface area contributed by atoms with Gasteiger partial charge >= 0.3 is 17.9 Å². The summed E-state index contributed by atoms with van der Waals surface area (Å²) in [6, 6.07) is 0. The minimum atomic E-state index is -0.769. The third kappa shape index (κ3) is 55.8. The molecule has 0 aromatic rings. The maximum Gasteiger partial charge on any atom is 0.306 e. The van der Waals surface area contributed by atoms with E-state index in [1.54, 1.807) is 0 Å². The van der Waals surface area contributed by atoms with Crippen LogP contribution in [0.3, 0.4) is 0 Å². The molecule has 0 bridgehead atoms. The summed E-state index contributed by atoms with van der Waals surface area (Å²) < 4.78 is 16.8. The first-order valence-electron chi connectivity index (χ1n) is 29.9. The molecule has 6 nitrogen and oxygen atoms in total. The van der Waals surface area contributed by atoms with Crippen molar-refractivity contribution >= 4 is 17.9 Å². The third-order valence-corrected chi connectivity index (χ3v) is 13.0. The van der Waals surface area contributed by atoms with Gasteiger partial charge in [-0.25, -0.2) is 0 Å². The lowest BCUT2D eigenvalue weighted by atomic mass is 10.0. The largest absolute Gasteiger partial charge is 0.462 e. The Morgan fingerprint density at radius 1 is 0.300 bits per heavy atom. The van der Waals surface area contributed by atoms with Crippen LogP contribution < -0.4 is 0 Å². The van der Waals surface area contributed by atoms with E-state index in [2.05, 4.69) is 93.7 Å². The molecule has 0 N–H and O–H groups in total. The molecule has 0 fully saturated rings. The maximum absolute atomic E-state index is 12.8. The standard InChI is InChI=1S/C64H112O6/c1-4-7-10-13-16-18-20-22-24-25-26-27-28-29-30-31-32-33-34-35-36-37-38-39-40-42-43-45-48-51-54-57-63(66)69-60-61(59-68-62(65)56-53-50-47-15-12-9-6-3)70-64(67)58-55-52-49-46-44-41-23-21-19-17-14-11-8-5-2/h7,10,16,18,22,24,26-27,29-30,32-33,61H,4-6,8-9,11-15,17,19-21,23,25,28,31,34-60H2,1-3H3/b10-7-,18-16-,24-22-,27-26-,30-29-,33-32-. The van der Waals surface area contributed by atoms with Gasteiger partial charge in [0.1, 0.15) is 13.2 Å². The van der Waals surface area contributed by atoms with Crippen molar-refractivity contribution in [2.75, 3.05) is 13.2 Å². The summed E-state index contributed by atoms with van der Waals surface area (Å²) in [4.78, 5) is 37.9. The van der Waals surface area contributed by atoms with Gasteiger partial charge in [-0.15, -0.1) is 0 Å². The second-order valence-corrected chi connectivity index (χ2v) is 19.9. The number of carbonyl (C=O) groups excluding carboxylic acids is 3. The lowest BCUT2D eigenvalue weighted by molar-refractivity contribution is -0.167. The predicted octanol–water partition coefficient (Wildman–Crippen LogP) is 20.2. The summed E-state index contributed by atoms with van der Waals surface area (Å²) in [6.45, 7) is 6.50. The van der Waals surface area contributed by atoms with E-state index in [0.717, 1.165) is 96.3 Å². The highest BCUT2D eigenvalue weighted by Gasteiger charge is 2.19. The number of hydrogen-bond donors (Lipinski definition) is 0. The van der Waals surface area contributed by atoms with E-state index in [4.69, 9.17) is 14.2 Å². The third-order valence-electron chi connectivity index (χ3n) is 13.0. The molecule has 0 amide bonds. The van der Waals surface area contributed by atoms with E-state index in [0.29, 0.717) is 19.3 Å². The molecule has 0 spiro atoms. The number of ether oxygens (including phenoxy) is 3. The molecule has 0 saturated carbocycles. The van der Waals surface area contributed by atoms with Gasteiger partial charge in [0.2, 0.25) is 0 Å². The molecule has 0 rings (SSSR count). The van der Waals surface area contributed by atoms with E-state index >= 15 is 0 Å². The van der Waals surface area contributed by atoms with E-state index in [1.807, 2.05) is 0 Å². The van der Waals surface area contributed by atoms with Crippen molar-refractivity contribution in [3.63, 3.8) is 0 Å². The number of allylic oxidation sites excluding steroid dienone is 12. The van der Waals surface area contributed by atoms with Gasteiger partial charge < -0.3 is 14.2 Å². The van der Waals surface area contributed by atoms with Crippen molar-refractivity contribution in [2.24, 2.45) is 0 Å². The average molecular weight is 978 g/mol. The molecule has 0 aliphatic carbocycles. The summed E-state index contributed by atoms with van der Waals surface area (Å²) in [5.74, 6) is -0.869. The fourth-order valence-corrected chi connectivity index (χ4v) is 8.51. The van der Waals surface area contributed by atoms with Gasteiger partial charge in [-0.3, -0.25) is 14.4 Å². The molecule has 0 aliphatic rings. The highest BCUT2D eigenvalue weighted by atomic mass is 16.6. The Morgan fingerprint density at radius 3 is 0.871 bits per heavy atom. The van der Waals surface area contributed by atoms with Crippen LogP contribution in [0.1, 0.15) is 297 Å². The van der Waals surface area contributed by atoms with Crippen molar-refractivity contribution in [2.45, 2.75) is 303 Å². The van der Waals surface area contributed by atoms with E-state index < -0.39 is 6.10 Å². The van der Waals surface area contributed by atoms with Crippen LogP contribution in [-0.2, 0) is 28.6 Å². The van der Waals surface area contributed by atoms with Crippen LogP contribution in [0.4, 0.5) is 0 Å². The first kappa shape index (κ1) is 66.9. The zero-order valence-corrected chi connectivity index (χ0v) is 46.3. The molecule has 0 aromatic heterocycles. The Kier molecular flexibility index (Phi) is 55.8. The lowest BCUT2D eigenvalue weighted by Crippen LogP contribution is -2.30.